The zero-order valence-electron chi connectivity index (χ0n) is 7.74. The van der Waals surface area contributed by atoms with Crippen LogP contribution in [0.15, 0.2) is 0 Å². The van der Waals surface area contributed by atoms with E-state index in [1.54, 1.807) is 0 Å². The molecular formula is C9H18N2O2. The summed E-state index contributed by atoms with van der Waals surface area (Å²) in [6.45, 7) is 1.90. The average molecular weight is 186 g/mol. The monoisotopic (exact) mass is 186 g/mol. The Labute approximate surface area is 78.1 Å². The van der Waals surface area contributed by atoms with E-state index in [-0.39, 0.29) is 11.5 Å². The highest BCUT2D eigenvalue weighted by molar-refractivity contribution is 5.05. The molecule has 2 fully saturated rings. The summed E-state index contributed by atoms with van der Waals surface area (Å²) in [5, 5.41) is 22.4. The highest BCUT2D eigenvalue weighted by Crippen LogP contribution is 2.44. The molecule has 13 heavy (non-hydrogen) atoms. The van der Waals surface area contributed by atoms with E-state index in [0.29, 0.717) is 6.42 Å². The van der Waals surface area contributed by atoms with Crippen LogP contribution in [0.4, 0.5) is 0 Å². The van der Waals surface area contributed by atoms with E-state index in [0.717, 1.165) is 25.9 Å². The van der Waals surface area contributed by atoms with Gasteiger partial charge in [0.1, 0.15) is 0 Å². The van der Waals surface area contributed by atoms with E-state index in [4.69, 9.17) is 5.73 Å². The van der Waals surface area contributed by atoms with E-state index in [1.165, 1.54) is 0 Å². The van der Waals surface area contributed by atoms with Gasteiger partial charge in [-0.05, 0) is 37.8 Å². The van der Waals surface area contributed by atoms with Crippen LogP contribution < -0.4 is 11.1 Å². The molecule has 1 aliphatic heterocycles. The molecule has 1 aliphatic carbocycles. The molecule has 1 saturated carbocycles. The smallest absolute Gasteiger partial charge is 0.0955 e. The fourth-order valence-corrected chi connectivity index (χ4v) is 2.74. The van der Waals surface area contributed by atoms with Gasteiger partial charge in [0, 0.05) is 6.04 Å². The summed E-state index contributed by atoms with van der Waals surface area (Å²) in [7, 11) is 0. The second-order valence-corrected chi connectivity index (χ2v) is 4.40. The third-order valence-electron chi connectivity index (χ3n) is 3.68. The molecule has 0 amide bonds. The van der Waals surface area contributed by atoms with E-state index in [2.05, 4.69) is 5.32 Å². The van der Waals surface area contributed by atoms with Gasteiger partial charge in [0.05, 0.1) is 12.2 Å². The molecular weight excluding hydrogens is 168 g/mol. The fraction of sp³-hybridized carbons (Fsp3) is 1.00. The highest BCUT2D eigenvalue weighted by Gasteiger charge is 2.50. The summed E-state index contributed by atoms with van der Waals surface area (Å²) >= 11 is 0. The molecule has 0 aromatic carbocycles. The first kappa shape index (κ1) is 9.40. The van der Waals surface area contributed by atoms with Crippen molar-refractivity contribution < 1.29 is 10.2 Å². The Morgan fingerprint density at radius 1 is 1.23 bits per heavy atom. The minimum Gasteiger partial charge on any atom is -0.390 e. The van der Waals surface area contributed by atoms with Crippen molar-refractivity contribution in [1.82, 2.24) is 5.32 Å². The molecule has 3 atom stereocenters. The van der Waals surface area contributed by atoms with E-state index >= 15 is 0 Å². The zero-order chi connectivity index (χ0) is 9.47. The van der Waals surface area contributed by atoms with Crippen LogP contribution in [0.1, 0.15) is 19.3 Å². The highest BCUT2D eigenvalue weighted by atomic mass is 16.3. The number of nitrogens with two attached hydrogens (primary N) is 1. The van der Waals surface area contributed by atoms with Gasteiger partial charge >= 0.3 is 0 Å². The van der Waals surface area contributed by atoms with Crippen molar-refractivity contribution in [3.63, 3.8) is 0 Å². The molecule has 0 aromatic heterocycles. The lowest BCUT2D eigenvalue weighted by molar-refractivity contribution is 0.0354. The van der Waals surface area contributed by atoms with Gasteiger partial charge in [0.25, 0.3) is 0 Å². The van der Waals surface area contributed by atoms with Crippen LogP contribution in [-0.2, 0) is 0 Å². The summed E-state index contributed by atoms with van der Waals surface area (Å²) in [4.78, 5) is 0. The predicted molar refractivity (Wildman–Crippen MR) is 49.1 cm³/mol. The summed E-state index contributed by atoms with van der Waals surface area (Å²) < 4.78 is 0. The van der Waals surface area contributed by atoms with Gasteiger partial charge in [-0.25, -0.2) is 0 Å². The van der Waals surface area contributed by atoms with Crippen molar-refractivity contribution in [3.05, 3.63) is 0 Å². The second-order valence-electron chi connectivity index (χ2n) is 4.40. The largest absolute Gasteiger partial charge is 0.390 e. The SMILES string of the molecule is NC1C(O)C(O)CC12CCNCC2. The number of rotatable bonds is 0. The number of hydrogen-bond acceptors (Lipinski definition) is 4. The first-order valence-electron chi connectivity index (χ1n) is 4.98. The van der Waals surface area contributed by atoms with E-state index in [9.17, 15) is 10.2 Å². The molecule has 1 heterocycles. The zero-order valence-corrected chi connectivity index (χ0v) is 7.74. The second kappa shape index (κ2) is 3.20. The van der Waals surface area contributed by atoms with Crippen molar-refractivity contribution in [2.24, 2.45) is 11.1 Å². The van der Waals surface area contributed by atoms with Crippen molar-refractivity contribution in [2.45, 2.75) is 37.5 Å². The number of aliphatic hydroxyl groups excluding tert-OH is 2. The Morgan fingerprint density at radius 3 is 2.31 bits per heavy atom. The normalized spacial score (nSPS) is 44.1. The van der Waals surface area contributed by atoms with E-state index in [1.807, 2.05) is 0 Å². The third kappa shape index (κ3) is 1.38. The van der Waals surface area contributed by atoms with Crippen molar-refractivity contribution in [2.75, 3.05) is 13.1 Å². The molecule has 5 N–H and O–H groups in total. The molecule has 3 unspecified atom stereocenters. The van der Waals surface area contributed by atoms with Gasteiger partial charge in [0.2, 0.25) is 0 Å². The first-order valence-corrected chi connectivity index (χ1v) is 4.98. The van der Waals surface area contributed by atoms with Crippen LogP contribution >= 0.6 is 0 Å². The summed E-state index contributed by atoms with van der Waals surface area (Å²) in [5.41, 5.74) is 5.93. The van der Waals surface area contributed by atoms with Gasteiger partial charge in [-0.1, -0.05) is 0 Å². The molecule has 0 bridgehead atoms. The molecule has 0 radical (unpaired) electrons. The van der Waals surface area contributed by atoms with Gasteiger partial charge < -0.3 is 21.3 Å². The molecule has 0 aromatic rings. The summed E-state index contributed by atoms with van der Waals surface area (Å²) in [5.74, 6) is 0. The van der Waals surface area contributed by atoms with Gasteiger partial charge in [-0.3, -0.25) is 0 Å². The number of nitrogens with one attached hydrogen (secondary N) is 1. The minimum atomic E-state index is -0.724. The Morgan fingerprint density at radius 2 is 1.85 bits per heavy atom. The van der Waals surface area contributed by atoms with Crippen molar-refractivity contribution in [3.8, 4) is 0 Å². The Hall–Kier alpha value is -0.160. The molecule has 4 heteroatoms. The van der Waals surface area contributed by atoms with Gasteiger partial charge in [-0.2, -0.15) is 0 Å². The van der Waals surface area contributed by atoms with E-state index < -0.39 is 12.2 Å². The van der Waals surface area contributed by atoms with Crippen molar-refractivity contribution in [1.29, 1.82) is 0 Å². The topological polar surface area (TPSA) is 78.5 Å². The first-order chi connectivity index (χ1) is 6.16. The maximum Gasteiger partial charge on any atom is 0.0955 e. The maximum atomic E-state index is 9.59. The fourth-order valence-electron chi connectivity index (χ4n) is 2.74. The molecule has 1 spiro atoms. The minimum absolute atomic E-state index is 0.00984. The summed E-state index contributed by atoms with van der Waals surface area (Å²) in [6.07, 6.45) is 1.27. The number of aliphatic hydroxyl groups is 2. The Kier molecular flexibility index (Phi) is 2.32. The van der Waals surface area contributed by atoms with Crippen LogP contribution in [0.5, 0.6) is 0 Å². The molecule has 2 rings (SSSR count). The molecule has 1 saturated heterocycles. The summed E-state index contributed by atoms with van der Waals surface area (Å²) in [6, 6.07) is -0.246. The Bertz CT molecular complexity index is 192. The predicted octanol–water partition coefficient (Wildman–Crippen LogP) is -1.19. The van der Waals surface area contributed by atoms with Crippen LogP contribution in [0.25, 0.3) is 0 Å². The van der Waals surface area contributed by atoms with Gasteiger partial charge in [-0.15, -0.1) is 0 Å². The number of hydrogen-bond donors (Lipinski definition) is 4. The maximum absolute atomic E-state index is 9.59. The lowest BCUT2D eigenvalue weighted by Gasteiger charge is -2.37. The molecule has 76 valence electrons. The lowest BCUT2D eigenvalue weighted by atomic mass is 9.74. The average Bonchev–Trinajstić information content (AvgIpc) is 2.33. The van der Waals surface area contributed by atoms with Crippen LogP contribution in [0.2, 0.25) is 0 Å². The van der Waals surface area contributed by atoms with Gasteiger partial charge in [0.15, 0.2) is 0 Å². The third-order valence-corrected chi connectivity index (χ3v) is 3.68. The molecule has 2 aliphatic rings. The Balaban J connectivity index is 2.13. The lowest BCUT2D eigenvalue weighted by Crippen LogP contribution is -2.49. The standard InChI is InChI=1S/C9H18N2O2/c10-8-7(13)6(12)5-9(8)1-3-11-4-2-9/h6-8,11-13H,1-5,10H2. The molecule has 4 nitrogen and oxygen atoms in total. The van der Waals surface area contributed by atoms with Crippen molar-refractivity contribution >= 4 is 0 Å². The number of piperidine rings is 1. The van der Waals surface area contributed by atoms with Crippen LogP contribution in [0.3, 0.4) is 0 Å². The van der Waals surface area contributed by atoms with Crippen LogP contribution in [0, 0.1) is 5.41 Å². The quantitative estimate of drug-likeness (QED) is 0.383. The van der Waals surface area contributed by atoms with Crippen LogP contribution in [-0.4, -0.2) is 41.6 Å².